The minimum Gasteiger partial charge on any atom is -0.314 e. The number of nitrogens with one attached hydrogen (secondary N) is 1. The van der Waals surface area contributed by atoms with Gasteiger partial charge in [-0.3, -0.25) is 4.90 Å². The van der Waals surface area contributed by atoms with E-state index in [-0.39, 0.29) is 12.5 Å². The normalized spacial score (nSPS) is 22.8. The third-order valence-electron chi connectivity index (χ3n) is 2.12. The molecule has 0 aliphatic carbocycles. The Labute approximate surface area is 79.9 Å². The van der Waals surface area contributed by atoms with Gasteiger partial charge in [0.25, 0.3) is 0 Å². The lowest BCUT2D eigenvalue weighted by atomic mass is 10.3. The molecule has 0 atom stereocenters. The molecule has 0 spiro atoms. The van der Waals surface area contributed by atoms with Crippen molar-refractivity contribution in [3.63, 3.8) is 0 Å². The SMILES string of the molecule is [3H]N1CCN(CC(=O)[N+](C)(C)O)CC1. The summed E-state index contributed by atoms with van der Waals surface area (Å²) in [7, 11) is 2.89. The summed E-state index contributed by atoms with van der Waals surface area (Å²) in [5.41, 5.74) is 0. The summed E-state index contributed by atoms with van der Waals surface area (Å²) in [4.78, 5) is 13.4. The quantitative estimate of drug-likeness (QED) is 0.329. The van der Waals surface area contributed by atoms with Crippen LogP contribution < -0.4 is 5.31 Å². The van der Waals surface area contributed by atoms with Gasteiger partial charge in [-0.05, 0) is 0 Å². The molecule has 0 bridgehead atoms. The van der Waals surface area contributed by atoms with Crippen LogP contribution >= 0.6 is 0 Å². The van der Waals surface area contributed by atoms with Crippen LogP contribution in [0.3, 0.4) is 0 Å². The van der Waals surface area contributed by atoms with Crippen molar-refractivity contribution in [3.05, 3.63) is 0 Å². The zero-order chi connectivity index (χ0) is 10.8. The summed E-state index contributed by atoms with van der Waals surface area (Å²) in [5, 5.41) is 10.9. The van der Waals surface area contributed by atoms with Crippen LogP contribution in [0, 0.1) is 0 Å². The number of hydrogen-bond donors (Lipinski definition) is 2. The number of quaternary nitrogens is 1. The molecule has 0 saturated carbocycles. The Bertz CT molecular complexity index is 209. The minimum atomic E-state index is -0.624. The molecule has 1 saturated heterocycles. The van der Waals surface area contributed by atoms with Crippen molar-refractivity contribution in [2.24, 2.45) is 0 Å². The average Bonchev–Trinajstić information content (AvgIpc) is 2.07. The van der Waals surface area contributed by atoms with Crippen LogP contribution in [0.2, 0.25) is 1.41 Å². The van der Waals surface area contributed by atoms with Crippen molar-refractivity contribution in [2.45, 2.75) is 0 Å². The molecule has 1 heterocycles. The molecule has 0 unspecified atom stereocenters. The molecule has 0 aromatic heterocycles. The average molecular weight is 190 g/mol. The van der Waals surface area contributed by atoms with E-state index in [2.05, 4.69) is 0 Å². The topological polar surface area (TPSA) is 52.6 Å². The van der Waals surface area contributed by atoms with Crippen molar-refractivity contribution in [1.29, 1.82) is 0 Å². The van der Waals surface area contributed by atoms with E-state index in [1.807, 2.05) is 4.90 Å². The van der Waals surface area contributed by atoms with E-state index in [9.17, 15) is 10.0 Å². The van der Waals surface area contributed by atoms with Gasteiger partial charge in [0.15, 0.2) is 0 Å². The number of rotatable bonds is 2. The number of amides is 1. The summed E-state index contributed by atoms with van der Waals surface area (Å²) in [6.45, 7) is 3.01. The number of carbonyl (C=O) groups is 1. The fourth-order valence-electron chi connectivity index (χ4n) is 1.17. The number of carbonyl (C=O) groups excluding carboxylic acids is 1. The van der Waals surface area contributed by atoms with Gasteiger partial charge in [-0.25, -0.2) is 10.0 Å². The van der Waals surface area contributed by atoms with Gasteiger partial charge < -0.3 is 5.31 Å². The Morgan fingerprint density at radius 3 is 2.62 bits per heavy atom. The van der Waals surface area contributed by atoms with E-state index in [0.717, 1.165) is 13.1 Å². The van der Waals surface area contributed by atoms with Gasteiger partial charge in [0.2, 0.25) is 0 Å². The summed E-state index contributed by atoms with van der Waals surface area (Å²) < 4.78 is 6.71. The molecule has 1 amide bonds. The highest BCUT2D eigenvalue weighted by molar-refractivity contribution is 5.70. The molecule has 0 radical (unpaired) electrons. The smallest absolute Gasteiger partial charge is 0.314 e. The van der Waals surface area contributed by atoms with E-state index in [0.29, 0.717) is 13.1 Å². The first kappa shape index (κ1) is 9.08. The monoisotopic (exact) mass is 190 g/mol. The highest BCUT2D eigenvalue weighted by atomic mass is 16.6. The number of likely N-dealkylation sites (N-methyl/N-ethyl adjacent to an activating group) is 1. The lowest BCUT2D eigenvalue weighted by Crippen LogP contribution is -2.52. The zero-order valence-electron chi connectivity index (χ0n) is 9.23. The second kappa shape index (κ2) is 4.15. The number of hydroxylamine groups is 3. The summed E-state index contributed by atoms with van der Waals surface area (Å²) in [6, 6.07) is 0. The highest BCUT2D eigenvalue weighted by Crippen LogP contribution is 1.97. The second-order valence-electron chi connectivity index (χ2n) is 3.74. The first-order valence-electron chi connectivity index (χ1n) is 4.90. The molecule has 1 fully saturated rings. The van der Waals surface area contributed by atoms with Crippen LogP contribution in [0.4, 0.5) is 0 Å². The van der Waals surface area contributed by atoms with E-state index in [1.54, 1.807) is 0 Å². The lowest BCUT2D eigenvalue weighted by Gasteiger charge is -2.27. The zero-order valence-corrected chi connectivity index (χ0v) is 8.23. The second-order valence-corrected chi connectivity index (χ2v) is 3.74. The molecule has 1 aliphatic heterocycles. The minimum absolute atomic E-state index is 0.219. The maximum absolute atomic E-state index is 11.4. The fourth-order valence-corrected chi connectivity index (χ4v) is 1.17. The van der Waals surface area contributed by atoms with Crippen LogP contribution in [-0.2, 0) is 4.79 Å². The predicted molar refractivity (Wildman–Crippen MR) is 48.2 cm³/mol. The van der Waals surface area contributed by atoms with Crippen LogP contribution in [0.5, 0.6) is 0 Å². The highest BCUT2D eigenvalue weighted by Gasteiger charge is 2.26. The van der Waals surface area contributed by atoms with Gasteiger partial charge in [-0.1, -0.05) is 0 Å². The van der Waals surface area contributed by atoms with Gasteiger partial charge >= 0.3 is 5.91 Å². The van der Waals surface area contributed by atoms with Gasteiger partial charge in [-0.2, -0.15) is 0 Å². The molecule has 76 valence electrons. The molecule has 0 aromatic rings. The Morgan fingerprint density at radius 2 is 2.15 bits per heavy atom. The fraction of sp³-hybridized carbons (Fsp3) is 0.875. The van der Waals surface area contributed by atoms with Gasteiger partial charge in [-0.15, -0.1) is 4.65 Å². The van der Waals surface area contributed by atoms with Crippen LogP contribution in [0.1, 0.15) is 0 Å². The number of piperazine rings is 1. The Hall–Kier alpha value is -0.490. The maximum Gasteiger partial charge on any atom is 0.359 e. The predicted octanol–water partition coefficient (Wildman–Crippen LogP) is -1.12. The Morgan fingerprint density at radius 1 is 1.62 bits per heavy atom. The van der Waals surface area contributed by atoms with Gasteiger partial charge in [0.05, 0.1) is 0 Å². The third-order valence-corrected chi connectivity index (χ3v) is 2.12. The molecular weight excluding hydrogens is 170 g/mol. The van der Waals surface area contributed by atoms with Crippen LogP contribution in [0.25, 0.3) is 0 Å². The largest absolute Gasteiger partial charge is 0.359 e. The van der Waals surface area contributed by atoms with Crippen LogP contribution in [0.15, 0.2) is 0 Å². The molecule has 5 nitrogen and oxygen atoms in total. The lowest BCUT2D eigenvalue weighted by molar-refractivity contribution is -1.01. The van der Waals surface area contributed by atoms with Crippen molar-refractivity contribution in [3.8, 4) is 0 Å². The third kappa shape index (κ3) is 3.40. The maximum atomic E-state index is 11.4. The number of hydrogen-bond acceptors (Lipinski definition) is 4. The Balaban J connectivity index is 2.35. The van der Waals surface area contributed by atoms with Crippen molar-refractivity contribution < 1.29 is 16.1 Å². The van der Waals surface area contributed by atoms with Crippen molar-refractivity contribution in [1.82, 2.24) is 10.2 Å². The van der Waals surface area contributed by atoms with E-state index in [4.69, 9.17) is 1.41 Å². The standard InChI is InChI=1S/C8H18N3O2/c1-11(2,13)8(12)7-10-5-3-9-4-6-10/h9,13H,3-7H2,1-2H3/q+1/i/hT. The van der Waals surface area contributed by atoms with E-state index < -0.39 is 4.65 Å². The molecule has 5 heteroatoms. The van der Waals surface area contributed by atoms with Gasteiger partial charge in [0, 0.05) is 26.2 Å². The number of nitrogens with zero attached hydrogens (tertiary/aromatic N) is 2. The summed E-state index contributed by atoms with van der Waals surface area (Å²) >= 11 is 0. The molecule has 2 N–H and O–H groups in total. The molecular formula is C8H18N3O2+. The summed E-state index contributed by atoms with van der Waals surface area (Å²) in [6.07, 6.45) is 0. The molecule has 0 aromatic carbocycles. The molecule has 13 heavy (non-hydrogen) atoms. The molecule has 1 rings (SSSR count). The van der Waals surface area contributed by atoms with Gasteiger partial charge in [0.1, 0.15) is 22.1 Å². The summed E-state index contributed by atoms with van der Waals surface area (Å²) in [5.74, 6) is -0.219. The van der Waals surface area contributed by atoms with Crippen LogP contribution in [-0.4, -0.2) is 67.5 Å². The van der Waals surface area contributed by atoms with E-state index in [1.165, 1.54) is 19.4 Å². The Kier molecular flexibility index (Phi) is 2.90. The van der Waals surface area contributed by atoms with Crippen molar-refractivity contribution >= 4 is 5.91 Å². The van der Waals surface area contributed by atoms with Crippen molar-refractivity contribution in [2.75, 3.05) is 46.8 Å². The van der Waals surface area contributed by atoms with E-state index >= 15 is 0 Å². The first-order valence-corrected chi connectivity index (χ1v) is 4.46. The molecule has 1 aliphatic rings. The first-order chi connectivity index (χ1) is 6.39.